The number of halogens is 2. The molecule has 2 atom stereocenters. The Bertz CT molecular complexity index is 981. The normalized spacial score (nSPS) is 23.8. The van der Waals surface area contributed by atoms with Crippen molar-refractivity contribution < 1.29 is 12.8 Å². The van der Waals surface area contributed by atoms with E-state index in [-0.39, 0.29) is 29.4 Å². The number of benzene rings is 2. The summed E-state index contributed by atoms with van der Waals surface area (Å²) in [4.78, 5) is 6.58. The van der Waals surface area contributed by atoms with Crippen molar-refractivity contribution in [3.8, 4) is 0 Å². The number of amidine groups is 1. The summed E-state index contributed by atoms with van der Waals surface area (Å²) < 4.78 is 38.0. The van der Waals surface area contributed by atoms with Gasteiger partial charge in [-0.3, -0.25) is 4.99 Å². The predicted molar refractivity (Wildman–Crippen MR) is 105 cm³/mol. The number of hydrogen-bond donors (Lipinski definition) is 0. The molecule has 0 aromatic heterocycles. The minimum Gasteiger partial charge on any atom is -0.315 e. The number of hydrogen-bond acceptors (Lipinski definition) is 5. The molecule has 8 heteroatoms. The molecule has 1 saturated heterocycles. The first-order valence-electron chi connectivity index (χ1n) is 8.12. The highest BCUT2D eigenvalue weighted by Crippen LogP contribution is 2.36. The molecule has 136 valence electrons. The van der Waals surface area contributed by atoms with Gasteiger partial charge in [0, 0.05) is 16.5 Å². The van der Waals surface area contributed by atoms with E-state index in [1.807, 2.05) is 17.0 Å². The summed E-state index contributed by atoms with van der Waals surface area (Å²) in [7, 11) is -3.10. The van der Waals surface area contributed by atoms with Gasteiger partial charge in [0.2, 0.25) is 0 Å². The minimum atomic E-state index is -3.10. The van der Waals surface area contributed by atoms with E-state index in [0.29, 0.717) is 21.5 Å². The van der Waals surface area contributed by atoms with Crippen molar-refractivity contribution in [2.24, 2.45) is 4.99 Å². The molecule has 0 amide bonds. The molecule has 0 N–H and O–H groups in total. The monoisotopic (exact) mass is 410 g/mol. The molecule has 4 rings (SSSR count). The molecule has 0 aliphatic carbocycles. The van der Waals surface area contributed by atoms with Crippen LogP contribution in [-0.4, -0.2) is 37.2 Å². The molecule has 2 heterocycles. The fourth-order valence-electron chi connectivity index (χ4n) is 3.32. The number of sulfone groups is 1. The van der Waals surface area contributed by atoms with E-state index < -0.39 is 9.84 Å². The Morgan fingerprint density at radius 2 is 2.00 bits per heavy atom. The maximum absolute atomic E-state index is 13.9. The Balaban J connectivity index is 1.64. The molecule has 4 nitrogen and oxygen atoms in total. The van der Waals surface area contributed by atoms with Gasteiger partial charge in [-0.25, -0.2) is 12.8 Å². The van der Waals surface area contributed by atoms with E-state index in [4.69, 9.17) is 11.6 Å². The van der Waals surface area contributed by atoms with E-state index in [1.165, 1.54) is 17.8 Å². The lowest BCUT2D eigenvalue weighted by atomic mass is 10.1. The number of aliphatic imine (C=N–C) groups is 1. The Labute approximate surface area is 161 Å². The molecule has 2 aromatic rings. The molecular formula is C18H16ClFN2O2S2. The molecule has 2 aliphatic rings. The van der Waals surface area contributed by atoms with Crippen LogP contribution in [0.25, 0.3) is 0 Å². The maximum Gasteiger partial charge on any atom is 0.164 e. The second-order valence-corrected chi connectivity index (χ2v) is 9.89. The SMILES string of the molecule is O=S1(=O)C[C@@H]2N=C(SCc3ccccc3F)N(c3cccc(Cl)c3)[C@H]2C1. The molecule has 0 spiro atoms. The summed E-state index contributed by atoms with van der Waals surface area (Å²) in [6.45, 7) is 0. The lowest BCUT2D eigenvalue weighted by Crippen LogP contribution is -2.39. The van der Waals surface area contributed by atoms with Crippen LogP contribution in [-0.2, 0) is 15.6 Å². The summed E-state index contributed by atoms with van der Waals surface area (Å²) in [5.74, 6) is 0.292. The zero-order chi connectivity index (χ0) is 18.3. The average molecular weight is 411 g/mol. The standard InChI is InChI=1S/C18H16ClFN2O2S2/c19-13-5-3-6-14(8-13)22-17-11-26(23,24)10-16(17)21-18(22)25-9-12-4-1-2-7-15(12)20/h1-8,16-17H,9-11H2/t16-,17-/m0/s1. The molecule has 0 radical (unpaired) electrons. The van der Waals surface area contributed by atoms with Crippen LogP contribution in [0.2, 0.25) is 5.02 Å². The van der Waals surface area contributed by atoms with Gasteiger partial charge in [0.15, 0.2) is 15.0 Å². The van der Waals surface area contributed by atoms with Crippen LogP contribution in [0.5, 0.6) is 0 Å². The van der Waals surface area contributed by atoms with Gasteiger partial charge in [-0.15, -0.1) is 0 Å². The highest BCUT2D eigenvalue weighted by Gasteiger charge is 2.47. The number of nitrogens with zero attached hydrogens (tertiary/aromatic N) is 2. The molecule has 2 aromatic carbocycles. The van der Waals surface area contributed by atoms with Gasteiger partial charge in [0.1, 0.15) is 5.82 Å². The second kappa shape index (κ2) is 6.87. The number of fused-ring (bicyclic) bond motifs is 1. The largest absolute Gasteiger partial charge is 0.315 e. The van der Waals surface area contributed by atoms with Gasteiger partial charge < -0.3 is 4.90 Å². The first kappa shape index (κ1) is 17.8. The van der Waals surface area contributed by atoms with Gasteiger partial charge >= 0.3 is 0 Å². The van der Waals surface area contributed by atoms with Gasteiger partial charge in [0.25, 0.3) is 0 Å². The van der Waals surface area contributed by atoms with Crippen LogP contribution >= 0.6 is 23.4 Å². The topological polar surface area (TPSA) is 49.7 Å². The van der Waals surface area contributed by atoms with Crippen molar-refractivity contribution in [1.82, 2.24) is 0 Å². The van der Waals surface area contributed by atoms with Crippen LogP contribution < -0.4 is 4.90 Å². The van der Waals surface area contributed by atoms with E-state index >= 15 is 0 Å². The summed E-state index contributed by atoms with van der Waals surface area (Å²) in [6.07, 6.45) is 0. The third-order valence-corrected chi connectivity index (χ3v) is 7.46. The first-order chi connectivity index (χ1) is 12.4. The summed E-state index contributed by atoms with van der Waals surface area (Å²) >= 11 is 7.54. The number of rotatable bonds is 3. The predicted octanol–water partition coefficient (Wildman–Crippen LogP) is 3.75. The average Bonchev–Trinajstić information content (AvgIpc) is 3.05. The Morgan fingerprint density at radius 1 is 1.19 bits per heavy atom. The summed E-state index contributed by atoms with van der Waals surface area (Å²) in [5.41, 5.74) is 1.40. The zero-order valence-corrected chi connectivity index (χ0v) is 16.1. The minimum absolute atomic E-state index is 0.0541. The Kier molecular flexibility index (Phi) is 4.71. The van der Waals surface area contributed by atoms with Crippen molar-refractivity contribution in [1.29, 1.82) is 0 Å². The first-order valence-corrected chi connectivity index (χ1v) is 11.3. The number of anilines is 1. The highest BCUT2D eigenvalue weighted by molar-refractivity contribution is 8.13. The van der Waals surface area contributed by atoms with Crippen LogP contribution in [0.15, 0.2) is 53.5 Å². The third-order valence-electron chi connectivity index (χ3n) is 4.51. The Morgan fingerprint density at radius 3 is 2.77 bits per heavy atom. The van der Waals surface area contributed by atoms with Crippen LogP contribution in [0.3, 0.4) is 0 Å². The van der Waals surface area contributed by atoms with Gasteiger partial charge in [-0.05, 0) is 29.8 Å². The second-order valence-electron chi connectivity index (χ2n) is 6.35. The molecule has 0 unspecified atom stereocenters. The molecule has 26 heavy (non-hydrogen) atoms. The van der Waals surface area contributed by atoms with E-state index in [9.17, 15) is 12.8 Å². The van der Waals surface area contributed by atoms with Crippen molar-refractivity contribution in [2.45, 2.75) is 17.8 Å². The smallest absolute Gasteiger partial charge is 0.164 e. The summed E-state index contributed by atoms with van der Waals surface area (Å²) in [6, 6.07) is 13.4. The molecule has 0 saturated carbocycles. The third kappa shape index (κ3) is 3.48. The molecular weight excluding hydrogens is 395 g/mol. The van der Waals surface area contributed by atoms with Crippen LogP contribution in [0, 0.1) is 5.82 Å². The number of thioether (sulfide) groups is 1. The van der Waals surface area contributed by atoms with Gasteiger partial charge in [0.05, 0.1) is 23.6 Å². The summed E-state index contributed by atoms with van der Waals surface area (Å²) in [5, 5.41) is 1.28. The van der Waals surface area contributed by atoms with Crippen LogP contribution in [0.4, 0.5) is 10.1 Å². The van der Waals surface area contributed by atoms with Crippen molar-refractivity contribution in [2.75, 3.05) is 16.4 Å². The molecule has 1 fully saturated rings. The van der Waals surface area contributed by atoms with Crippen molar-refractivity contribution in [3.63, 3.8) is 0 Å². The fraction of sp³-hybridized carbons (Fsp3) is 0.278. The van der Waals surface area contributed by atoms with E-state index in [1.54, 1.807) is 30.3 Å². The molecule has 2 aliphatic heterocycles. The van der Waals surface area contributed by atoms with Gasteiger partial charge in [-0.2, -0.15) is 0 Å². The fourth-order valence-corrected chi connectivity index (χ4v) is 6.46. The van der Waals surface area contributed by atoms with Gasteiger partial charge in [-0.1, -0.05) is 47.6 Å². The lowest BCUT2D eigenvalue weighted by Gasteiger charge is -2.26. The van der Waals surface area contributed by atoms with E-state index in [2.05, 4.69) is 4.99 Å². The zero-order valence-electron chi connectivity index (χ0n) is 13.7. The quantitative estimate of drug-likeness (QED) is 0.773. The maximum atomic E-state index is 13.9. The highest BCUT2D eigenvalue weighted by atomic mass is 35.5. The molecule has 0 bridgehead atoms. The van der Waals surface area contributed by atoms with Crippen molar-refractivity contribution >= 4 is 44.1 Å². The van der Waals surface area contributed by atoms with E-state index in [0.717, 1.165) is 5.69 Å². The lowest BCUT2D eigenvalue weighted by molar-refractivity contribution is 0.601. The van der Waals surface area contributed by atoms with Crippen LogP contribution in [0.1, 0.15) is 5.56 Å². The Hall–Kier alpha value is -1.57. The van der Waals surface area contributed by atoms with Crippen molar-refractivity contribution in [3.05, 3.63) is 64.9 Å².